The van der Waals surface area contributed by atoms with Crippen molar-refractivity contribution in [2.75, 3.05) is 0 Å². The van der Waals surface area contributed by atoms with Gasteiger partial charge in [-0.1, -0.05) is 31.9 Å². The highest BCUT2D eigenvalue weighted by atomic mass is 79.9. The molecule has 90 valence electrons. The van der Waals surface area contributed by atoms with Crippen LogP contribution in [0.25, 0.3) is 0 Å². The van der Waals surface area contributed by atoms with Gasteiger partial charge in [-0.3, -0.25) is 0 Å². The second-order valence-electron chi connectivity index (χ2n) is 3.88. The zero-order valence-corrected chi connectivity index (χ0v) is 10.9. The molecule has 0 aliphatic heterocycles. The third-order valence-electron chi connectivity index (χ3n) is 2.61. The number of benzene rings is 1. The second-order valence-corrected chi connectivity index (χ2v) is 4.73. The van der Waals surface area contributed by atoms with Crippen LogP contribution < -0.4 is 5.73 Å². The Hall–Kier alpha value is -0.450. The smallest absolute Gasteiger partial charge is 0.142 e. The minimum absolute atomic E-state index is 0.359. The average molecular weight is 290 g/mol. The lowest BCUT2D eigenvalue weighted by atomic mass is 9.98. The number of aliphatic hydroxyl groups is 1. The van der Waals surface area contributed by atoms with Crippen molar-refractivity contribution in [2.24, 2.45) is 5.73 Å². The standard InChI is InChI=1S/C12H17BrFNO/c1-2-3-7-10(16)12(15)8-5-4-6-9(13)11(8)14/h4-6,10,12,16H,2-3,7,15H2,1H3/t10-,12+/m1/s1. The number of halogens is 2. The summed E-state index contributed by atoms with van der Waals surface area (Å²) in [5.41, 5.74) is 6.20. The van der Waals surface area contributed by atoms with Crippen molar-refractivity contribution in [1.29, 1.82) is 0 Å². The average Bonchev–Trinajstić information content (AvgIpc) is 2.28. The van der Waals surface area contributed by atoms with E-state index in [0.717, 1.165) is 12.8 Å². The number of nitrogens with two attached hydrogens (primary N) is 1. The minimum atomic E-state index is -0.691. The molecule has 0 amide bonds. The fraction of sp³-hybridized carbons (Fsp3) is 0.500. The molecule has 1 aromatic carbocycles. The van der Waals surface area contributed by atoms with Crippen LogP contribution in [0.4, 0.5) is 4.39 Å². The Morgan fingerprint density at radius 1 is 1.50 bits per heavy atom. The molecule has 0 aliphatic carbocycles. The second kappa shape index (κ2) is 6.33. The van der Waals surface area contributed by atoms with E-state index in [4.69, 9.17) is 5.73 Å². The SMILES string of the molecule is CCCC[C@@H](O)[C@@H](N)c1cccc(Br)c1F. The number of unbranched alkanes of at least 4 members (excludes halogenated alkanes) is 1. The van der Waals surface area contributed by atoms with Crippen molar-refractivity contribution in [3.63, 3.8) is 0 Å². The van der Waals surface area contributed by atoms with Crippen molar-refractivity contribution in [3.05, 3.63) is 34.1 Å². The summed E-state index contributed by atoms with van der Waals surface area (Å²) in [7, 11) is 0. The van der Waals surface area contributed by atoms with Gasteiger partial charge in [-0.25, -0.2) is 4.39 Å². The maximum atomic E-state index is 13.7. The Morgan fingerprint density at radius 2 is 2.19 bits per heavy atom. The van der Waals surface area contributed by atoms with Crippen LogP contribution in [0, 0.1) is 5.82 Å². The molecule has 16 heavy (non-hydrogen) atoms. The van der Waals surface area contributed by atoms with E-state index in [0.29, 0.717) is 16.5 Å². The lowest BCUT2D eigenvalue weighted by molar-refractivity contribution is 0.131. The van der Waals surface area contributed by atoms with Crippen LogP contribution in [-0.4, -0.2) is 11.2 Å². The van der Waals surface area contributed by atoms with E-state index in [1.165, 1.54) is 0 Å². The summed E-state index contributed by atoms with van der Waals surface area (Å²) in [6.45, 7) is 2.04. The molecule has 3 N–H and O–H groups in total. The molecule has 0 fully saturated rings. The number of hydrogen-bond acceptors (Lipinski definition) is 2. The maximum absolute atomic E-state index is 13.7. The first-order valence-electron chi connectivity index (χ1n) is 5.45. The van der Waals surface area contributed by atoms with E-state index in [2.05, 4.69) is 15.9 Å². The largest absolute Gasteiger partial charge is 0.391 e. The summed E-state index contributed by atoms with van der Waals surface area (Å²) in [5.74, 6) is -0.384. The van der Waals surface area contributed by atoms with Crippen molar-refractivity contribution in [2.45, 2.75) is 38.3 Å². The highest BCUT2D eigenvalue weighted by Gasteiger charge is 2.20. The molecule has 0 saturated heterocycles. The van der Waals surface area contributed by atoms with Crippen molar-refractivity contribution < 1.29 is 9.50 Å². The molecule has 0 bridgehead atoms. The third-order valence-corrected chi connectivity index (χ3v) is 3.22. The molecule has 2 atom stereocenters. The number of hydrogen-bond donors (Lipinski definition) is 2. The topological polar surface area (TPSA) is 46.2 Å². The highest BCUT2D eigenvalue weighted by Crippen LogP contribution is 2.25. The molecular formula is C12H17BrFNO. The molecule has 0 aliphatic rings. The predicted molar refractivity (Wildman–Crippen MR) is 66.6 cm³/mol. The van der Waals surface area contributed by atoms with Gasteiger partial charge in [-0.2, -0.15) is 0 Å². The van der Waals surface area contributed by atoms with Gasteiger partial charge in [0.25, 0.3) is 0 Å². The molecule has 2 nitrogen and oxygen atoms in total. The van der Waals surface area contributed by atoms with Crippen LogP contribution in [0.5, 0.6) is 0 Å². The summed E-state index contributed by atoms with van der Waals surface area (Å²) >= 11 is 3.10. The Bertz CT molecular complexity index is 346. The van der Waals surface area contributed by atoms with Gasteiger partial charge in [0.05, 0.1) is 16.6 Å². The monoisotopic (exact) mass is 289 g/mol. The zero-order chi connectivity index (χ0) is 12.1. The van der Waals surface area contributed by atoms with Crippen molar-refractivity contribution in [1.82, 2.24) is 0 Å². The van der Waals surface area contributed by atoms with Gasteiger partial charge < -0.3 is 10.8 Å². The molecule has 0 spiro atoms. The fourth-order valence-corrected chi connectivity index (χ4v) is 1.96. The van der Waals surface area contributed by atoms with Crippen LogP contribution in [0.2, 0.25) is 0 Å². The highest BCUT2D eigenvalue weighted by molar-refractivity contribution is 9.10. The van der Waals surface area contributed by atoms with Crippen LogP contribution in [0.3, 0.4) is 0 Å². The zero-order valence-electron chi connectivity index (χ0n) is 9.29. The molecule has 0 aromatic heterocycles. The molecule has 0 radical (unpaired) electrons. The summed E-state index contributed by atoms with van der Waals surface area (Å²) < 4.78 is 14.1. The fourth-order valence-electron chi connectivity index (χ4n) is 1.58. The van der Waals surface area contributed by atoms with Crippen molar-refractivity contribution >= 4 is 15.9 Å². The molecule has 0 heterocycles. The van der Waals surface area contributed by atoms with Gasteiger partial charge in [-0.15, -0.1) is 0 Å². The van der Waals surface area contributed by atoms with Crippen LogP contribution >= 0.6 is 15.9 Å². The summed E-state index contributed by atoms with van der Waals surface area (Å²) in [5, 5.41) is 9.81. The quantitative estimate of drug-likeness (QED) is 0.875. The van der Waals surface area contributed by atoms with Gasteiger partial charge in [-0.05, 0) is 28.4 Å². The van der Waals surface area contributed by atoms with Crippen LogP contribution in [-0.2, 0) is 0 Å². The first kappa shape index (κ1) is 13.6. The van der Waals surface area contributed by atoms with Gasteiger partial charge in [0, 0.05) is 5.56 Å². The van der Waals surface area contributed by atoms with Crippen LogP contribution in [0.15, 0.2) is 22.7 Å². The Morgan fingerprint density at radius 3 is 2.81 bits per heavy atom. The van der Waals surface area contributed by atoms with E-state index in [9.17, 15) is 9.50 Å². The summed E-state index contributed by atoms with van der Waals surface area (Å²) in [6.07, 6.45) is 1.79. The van der Waals surface area contributed by atoms with Gasteiger partial charge in [0.2, 0.25) is 0 Å². The third kappa shape index (κ3) is 3.27. The Kier molecular flexibility index (Phi) is 5.38. The molecule has 1 aromatic rings. The van der Waals surface area contributed by atoms with Gasteiger partial charge in [0.15, 0.2) is 0 Å². The first-order valence-corrected chi connectivity index (χ1v) is 6.24. The normalized spacial score (nSPS) is 14.8. The molecule has 0 saturated carbocycles. The number of aliphatic hydroxyl groups excluding tert-OH is 1. The maximum Gasteiger partial charge on any atom is 0.142 e. The van der Waals surface area contributed by atoms with E-state index in [-0.39, 0.29) is 5.82 Å². The van der Waals surface area contributed by atoms with Crippen LogP contribution in [0.1, 0.15) is 37.8 Å². The van der Waals surface area contributed by atoms with E-state index in [1.807, 2.05) is 6.92 Å². The number of rotatable bonds is 5. The van der Waals surface area contributed by atoms with E-state index >= 15 is 0 Å². The minimum Gasteiger partial charge on any atom is -0.391 e. The van der Waals surface area contributed by atoms with E-state index in [1.54, 1.807) is 18.2 Å². The van der Waals surface area contributed by atoms with Gasteiger partial charge in [0.1, 0.15) is 5.82 Å². The molecular weight excluding hydrogens is 273 g/mol. The Balaban J connectivity index is 2.79. The predicted octanol–water partition coefficient (Wildman–Crippen LogP) is 3.14. The lowest BCUT2D eigenvalue weighted by Crippen LogP contribution is -2.27. The van der Waals surface area contributed by atoms with E-state index < -0.39 is 12.1 Å². The summed E-state index contributed by atoms with van der Waals surface area (Å²) in [6, 6.07) is 4.28. The molecule has 1 rings (SSSR count). The molecule has 4 heteroatoms. The van der Waals surface area contributed by atoms with Crippen molar-refractivity contribution in [3.8, 4) is 0 Å². The summed E-state index contributed by atoms with van der Waals surface area (Å²) in [4.78, 5) is 0. The van der Waals surface area contributed by atoms with Gasteiger partial charge >= 0.3 is 0 Å². The lowest BCUT2D eigenvalue weighted by Gasteiger charge is -2.19. The Labute approximate surface area is 104 Å². The first-order chi connectivity index (χ1) is 7.57. The molecule has 0 unspecified atom stereocenters.